The molecule has 0 radical (unpaired) electrons. The topological polar surface area (TPSA) is 70.5 Å². The first-order chi connectivity index (χ1) is 8.38. The molecular formula is C12H14N2O3. The van der Waals surface area contributed by atoms with E-state index in [1.54, 1.807) is 6.07 Å². The number of rotatable bonds is 6. The molecule has 2 aromatic rings. The van der Waals surface area contributed by atoms with Crippen molar-refractivity contribution >= 4 is 0 Å². The first kappa shape index (κ1) is 11.5. The number of nitrogens with zero attached hydrogens (tertiary/aromatic N) is 1. The van der Waals surface area contributed by atoms with E-state index in [0.29, 0.717) is 31.4 Å². The fourth-order valence-electron chi connectivity index (χ4n) is 1.26. The fraction of sp³-hybridized carbons (Fsp3) is 0.250. The number of para-hydroxylation sites is 1. The second-order valence-electron chi connectivity index (χ2n) is 3.37. The van der Waals surface area contributed by atoms with Gasteiger partial charge in [-0.1, -0.05) is 18.2 Å². The van der Waals surface area contributed by atoms with Gasteiger partial charge < -0.3 is 19.7 Å². The molecule has 5 nitrogen and oxygen atoms in total. The van der Waals surface area contributed by atoms with Crippen molar-refractivity contribution in [1.29, 1.82) is 0 Å². The molecule has 90 valence electrons. The van der Waals surface area contributed by atoms with Gasteiger partial charge in [-0.15, -0.1) is 0 Å². The van der Waals surface area contributed by atoms with Crippen LogP contribution in [0.5, 0.6) is 11.6 Å². The summed E-state index contributed by atoms with van der Waals surface area (Å²) < 4.78 is 15.7. The normalized spacial score (nSPS) is 10.2. The Bertz CT molecular complexity index is 442. The van der Waals surface area contributed by atoms with Gasteiger partial charge in [0, 0.05) is 12.6 Å². The molecule has 5 heteroatoms. The molecule has 2 rings (SSSR count). The monoisotopic (exact) mass is 234 g/mol. The van der Waals surface area contributed by atoms with E-state index in [0.717, 1.165) is 5.75 Å². The average Bonchev–Trinajstić information content (AvgIpc) is 2.83. The number of aromatic nitrogens is 1. The molecule has 1 heterocycles. The average molecular weight is 234 g/mol. The Balaban J connectivity index is 1.85. The Morgan fingerprint density at radius 2 is 2.00 bits per heavy atom. The number of nitrogens with two attached hydrogens (primary N) is 1. The van der Waals surface area contributed by atoms with Crippen molar-refractivity contribution in [2.45, 2.75) is 6.61 Å². The van der Waals surface area contributed by atoms with E-state index >= 15 is 0 Å². The number of hydrogen-bond donors (Lipinski definition) is 1. The standard InChI is InChI=1S/C12H14N2O3/c13-6-7-15-12-8-11(17-14-12)9-16-10-4-2-1-3-5-10/h1-5,8H,6-7,9,13H2. The first-order valence-corrected chi connectivity index (χ1v) is 5.35. The van der Waals surface area contributed by atoms with Crippen molar-refractivity contribution < 1.29 is 14.0 Å². The molecule has 0 spiro atoms. The molecule has 1 aromatic heterocycles. The highest BCUT2D eigenvalue weighted by atomic mass is 16.5. The van der Waals surface area contributed by atoms with Crippen molar-refractivity contribution in [3.8, 4) is 11.6 Å². The molecule has 0 saturated heterocycles. The summed E-state index contributed by atoms with van der Waals surface area (Å²) in [5, 5.41) is 3.73. The largest absolute Gasteiger partial charge is 0.486 e. The van der Waals surface area contributed by atoms with Crippen molar-refractivity contribution in [2.24, 2.45) is 5.73 Å². The van der Waals surface area contributed by atoms with Gasteiger partial charge in [0.25, 0.3) is 5.88 Å². The maximum absolute atomic E-state index is 5.50. The van der Waals surface area contributed by atoms with Crippen LogP contribution in [0.15, 0.2) is 40.9 Å². The highest BCUT2D eigenvalue weighted by molar-refractivity contribution is 5.21. The Morgan fingerprint density at radius 1 is 1.18 bits per heavy atom. The van der Waals surface area contributed by atoms with Crippen LogP contribution >= 0.6 is 0 Å². The van der Waals surface area contributed by atoms with Crippen LogP contribution in [0.25, 0.3) is 0 Å². The van der Waals surface area contributed by atoms with Crippen LogP contribution in [0.4, 0.5) is 0 Å². The van der Waals surface area contributed by atoms with E-state index < -0.39 is 0 Å². The van der Waals surface area contributed by atoms with Crippen LogP contribution in [0, 0.1) is 0 Å². The van der Waals surface area contributed by atoms with E-state index in [1.165, 1.54) is 0 Å². The van der Waals surface area contributed by atoms with Crippen molar-refractivity contribution in [2.75, 3.05) is 13.2 Å². The predicted octanol–water partition coefficient (Wildman–Crippen LogP) is 1.59. The number of benzene rings is 1. The van der Waals surface area contributed by atoms with Gasteiger partial charge in [0.2, 0.25) is 0 Å². The zero-order chi connectivity index (χ0) is 11.9. The van der Waals surface area contributed by atoms with Gasteiger partial charge in [0.1, 0.15) is 19.0 Å². The van der Waals surface area contributed by atoms with Crippen LogP contribution in [-0.2, 0) is 6.61 Å². The van der Waals surface area contributed by atoms with Gasteiger partial charge in [0.15, 0.2) is 5.76 Å². The molecular weight excluding hydrogens is 220 g/mol. The number of ether oxygens (including phenoxy) is 2. The van der Waals surface area contributed by atoms with E-state index in [1.807, 2.05) is 30.3 Å². The van der Waals surface area contributed by atoms with Gasteiger partial charge in [-0.25, -0.2) is 0 Å². The minimum Gasteiger partial charge on any atom is -0.486 e. The summed E-state index contributed by atoms with van der Waals surface area (Å²) in [5.74, 6) is 1.83. The van der Waals surface area contributed by atoms with Gasteiger partial charge in [-0.3, -0.25) is 0 Å². The molecule has 0 fully saturated rings. The van der Waals surface area contributed by atoms with Crippen LogP contribution in [0.1, 0.15) is 5.76 Å². The maximum atomic E-state index is 5.50. The van der Waals surface area contributed by atoms with Crippen molar-refractivity contribution in [3.63, 3.8) is 0 Å². The first-order valence-electron chi connectivity index (χ1n) is 5.35. The summed E-state index contributed by atoms with van der Waals surface area (Å²) in [5.41, 5.74) is 5.31. The SMILES string of the molecule is NCCOc1cc(COc2ccccc2)on1. The molecule has 0 aliphatic heterocycles. The quantitative estimate of drug-likeness (QED) is 0.821. The minimum absolute atomic E-state index is 0.322. The summed E-state index contributed by atoms with van der Waals surface area (Å²) in [7, 11) is 0. The lowest BCUT2D eigenvalue weighted by atomic mass is 10.3. The molecule has 1 aromatic carbocycles. The molecule has 17 heavy (non-hydrogen) atoms. The van der Waals surface area contributed by atoms with Crippen LogP contribution in [0.3, 0.4) is 0 Å². The van der Waals surface area contributed by atoms with Crippen LogP contribution in [-0.4, -0.2) is 18.3 Å². The third-order valence-corrected chi connectivity index (χ3v) is 2.03. The van der Waals surface area contributed by atoms with Gasteiger partial charge in [0.05, 0.1) is 0 Å². The lowest BCUT2D eigenvalue weighted by Crippen LogP contribution is -2.10. The predicted molar refractivity (Wildman–Crippen MR) is 61.8 cm³/mol. The molecule has 0 bridgehead atoms. The summed E-state index contributed by atoms with van der Waals surface area (Å²) in [4.78, 5) is 0. The molecule has 0 aliphatic rings. The molecule has 0 saturated carbocycles. The van der Waals surface area contributed by atoms with Gasteiger partial charge in [-0.2, -0.15) is 0 Å². The smallest absolute Gasteiger partial charge is 0.254 e. The minimum atomic E-state index is 0.322. The van der Waals surface area contributed by atoms with E-state index in [9.17, 15) is 0 Å². The lowest BCUT2D eigenvalue weighted by Gasteiger charge is -2.01. The van der Waals surface area contributed by atoms with E-state index in [4.69, 9.17) is 19.7 Å². The third-order valence-electron chi connectivity index (χ3n) is 2.03. The lowest BCUT2D eigenvalue weighted by molar-refractivity contribution is 0.239. The molecule has 0 aliphatic carbocycles. The fourth-order valence-corrected chi connectivity index (χ4v) is 1.26. The summed E-state index contributed by atoms with van der Waals surface area (Å²) in [6.45, 7) is 1.19. The van der Waals surface area contributed by atoms with Crippen LogP contribution < -0.4 is 15.2 Å². The molecule has 0 atom stereocenters. The van der Waals surface area contributed by atoms with Gasteiger partial charge in [-0.05, 0) is 17.3 Å². The molecule has 0 unspecified atom stereocenters. The second kappa shape index (κ2) is 5.91. The van der Waals surface area contributed by atoms with Crippen molar-refractivity contribution in [3.05, 3.63) is 42.2 Å². The summed E-state index contributed by atoms with van der Waals surface area (Å²) in [6.07, 6.45) is 0. The maximum Gasteiger partial charge on any atom is 0.254 e. The zero-order valence-corrected chi connectivity index (χ0v) is 9.33. The van der Waals surface area contributed by atoms with Gasteiger partial charge >= 0.3 is 0 Å². The third kappa shape index (κ3) is 3.49. The van der Waals surface area contributed by atoms with E-state index in [2.05, 4.69) is 5.16 Å². The number of hydrogen-bond acceptors (Lipinski definition) is 5. The summed E-state index contributed by atoms with van der Waals surface area (Å²) in [6, 6.07) is 11.2. The molecule has 0 amide bonds. The Morgan fingerprint density at radius 3 is 2.76 bits per heavy atom. The second-order valence-corrected chi connectivity index (χ2v) is 3.37. The summed E-state index contributed by atoms with van der Waals surface area (Å²) >= 11 is 0. The Labute approximate surface area is 99.1 Å². The van der Waals surface area contributed by atoms with Crippen LogP contribution in [0.2, 0.25) is 0 Å². The zero-order valence-electron chi connectivity index (χ0n) is 9.33. The Kier molecular flexibility index (Phi) is 3.99. The Hall–Kier alpha value is -2.01. The highest BCUT2D eigenvalue weighted by Gasteiger charge is 2.05. The highest BCUT2D eigenvalue weighted by Crippen LogP contribution is 2.15. The van der Waals surface area contributed by atoms with E-state index in [-0.39, 0.29) is 0 Å². The molecule has 2 N–H and O–H groups in total. The van der Waals surface area contributed by atoms with Crippen molar-refractivity contribution in [1.82, 2.24) is 5.16 Å².